The summed E-state index contributed by atoms with van der Waals surface area (Å²) in [5, 5.41) is 0. The highest BCUT2D eigenvalue weighted by Crippen LogP contribution is 2.32. The Balaban J connectivity index is 2.08. The van der Waals surface area contributed by atoms with Gasteiger partial charge in [-0.25, -0.2) is 4.79 Å². The van der Waals surface area contributed by atoms with E-state index in [9.17, 15) is 4.79 Å². The van der Waals surface area contributed by atoms with Crippen LogP contribution in [0, 0.1) is 6.92 Å². The molecule has 0 aliphatic carbocycles. The highest BCUT2D eigenvalue weighted by atomic mass is 32.1. The molecule has 0 saturated heterocycles. The van der Waals surface area contributed by atoms with Crippen LogP contribution >= 0.6 is 11.3 Å². The Labute approximate surface area is 134 Å². The zero-order valence-corrected chi connectivity index (χ0v) is 13.9. The Morgan fingerprint density at radius 3 is 2.55 bits per heavy atom. The molecular formula is C17H20O4S. The van der Waals surface area contributed by atoms with Crippen molar-refractivity contribution in [2.45, 2.75) is 13.8 Å². The fourth-order valence-electron chi connectivity index (χ4n) is 2.05. The second kappa shape index (κ2) is 7.96. The number of methoxy groups -OCH3 is 1. The molecule has 0 saturated carbocycles. The van der Waals surface area contributed by atoms with E-state index in [4.69, 9.17) is 14.2 Å². The van der Waals surface area contributed by atoms with Gasteiger partial charge in [-0.3, -0.25) is 0 Å². The summed E-state index contributed by atoms with van der Waals surface area (Å²) >= 11 is 1.44. The fraction of sp³-hybridized carbons (Fsp3) is 0.353. The molecule has 0 spiro atoms. The standard InChI is InChI=1S/C17H20O4S/c1-4-20-9-10-21-17(18)16-11-15(12(2)22-16)13-5-7-14(19-3)8-6-13/h5-8,11H,4,9-10H2,1-3H3. The van der Waals surface area contributed by atoms with Crippen molar-refractivity contribution in [2.24, 2.45) is 0 Å². The molecule has 1 heterocycles. The van der Waals surface area contributed by atoms with Crippen molar-refractivity contribution in [1.82, 2.24) is 0 Å². The number of carbonyl (C=O) groups is 1. The molecule has 22 heavy (non-hydrogen) atoms. The highest BCUT2D eigenvalue weighted by Gasteiger charge is 2.14. The zero-order valence-electron chi connectivity index (χ0n) is 13.0. The van der Waals surface area contributed by atoms with E-state index >= 15 is 0 Å². The zero-order chi connectivity index (χ0) is 15.9. The van der Waals surface area contributed by atoms with Crippen LogP contribution in [0.1, 0.15) is 21.5 Å². The molecule has 118 valence electrons. The van der Waals surface area contributed by atoms with Crippen molar-refractivity contribution in [3.63, 3.8) is 0 Å². The molecule has 0 aliphatic heterocycles. The summed E-state index contributed by atoms with van der Waals surface area (Å²) in [4.78, 5) is 13.7. The van der Waals surface area contributed by atoms with Gasteiger partial charge in [0, 0.05) is 11.5 Å². The van der Waals surface area contributed by atoms with E-state index in [0.29, 0.717) is 18.1 Å². The Bertz CT molecular complexity index is 616. The second-order valence-corrected chi connectivity index (χ2v) is 5.90. The van der Waals surface area contributed by atoms with Crippen LogP contribution in [0.5, 0.6) is 5.75 Å². The second-order valence-electron chi connectivity index (χ2n) is 4.64. The van der Waals surface area contributed by atoms with Crippen molar-refractivity contribution in [1.29, 1.82) is 0 Å². The van der Waals surface area contributed by atoms with Gasteiger partial charge in [-0.15, -0.1) is 11.3 Å². The lowest BCUT2D eigenvalue weighted by atomic mass is 10.1. The van der Waals surface area contributed by atoms with Crippen molar-refractivity contribution >= 4 is 17.3 Å². The third-order valence-electron chi connectivity index (χ3n) is 3.18. The fourth-order valence-corrected chi connectivity index (χ4v) is 2.98. The summed E-state index contributed by atoms with van der Waals surface area (Å²) in [7, 11) is 1.64. The molecular weight excluding hydrogens is 300 g/mol. The first-order valence-corrected chi connectivity index (χ1v) is 7.97. The van der Waals surface area contributed by atoms with Crippen LogP contribution in [-0.2, 0) is 9.47 Å². The predicted octanol–water partition coefficient (Wildman–Crippen LogP) is 3.93. The van der Waals surface area contributed by atoms with E-state index in [2.05, 4.69) is 0 Å². The van der Waals surface area contributed by atoms with Crippen LogP contribution in [0.25, 0.3) is 11.1 Å². The van der Waals surface area contributed by atoms with Gasteiger partial charge in [0.05, 0.1) is 13.7 Å². The van der Waals surface area contributed by atoms with Gasteiger partial charge in [0.25, 0.3) is 0 Å². The minimum Gasteiger partial charge on any atom is -0.497 e. The predicted molar refractivity (Wildman–Crippen MR) is 87.8 cm³/mol. The monoisotopic (exact) mass is 320 g/mol. The van der Waals surface area contributed by atoms with Crippen molar-refractivity contribution in [2.75, 3.05) is 26.9 Å². The molecule has 1 aromatic heterocycles. The Morgan fingerprint density at radius 1 is 1.18 bits per heavy atom. The topological polar surface area (TPSA) is 44.8 Å². The van der Waals surface area contributed by atoms with Gasteiger partial charge in [-0.2, -0.15) is 0 Å². The maximum Gasteiger partial charge on any atom is 0.348 e. The summed E-state index contributed by atoms with van der Waals surface area (Å²) < 4.78 is 15.5. The molecule has 4 nitrogen and oxygen atoms in total. The maximum atomic E-state index is 12.0. The highest BCUT2D eigenvalue weighted by molar-refractivity contribution is 7.14. The van der Waals surface area contributed by atoms with Gasteiger partial charge in [-0.1, -0.05) is 12.1 Å². The number of carbonyl (C=O) groups excluding carboxylic acids is 1. The average Bonchev–Trinajstić information content (AvgIpc) is 2.93. The summed E-state index contributed by atoms with van der Waals surface area (Å²) in [6.45, 7) is 5.24. The van der Waals surface area contributed by atoms with E-state index in [-0.39, 0.29) is 12.6 Å². The normalized spacial score (nSPS) is 10.5. The number of hydrogen-bond donors (Lipinski definition) is 0. The molecule has 0 radical (unpaired) electrons. The van der Waals surface area contributed by atoms with Crippen LogP contribution in [0.15, 0.2) is 30.3 Å². The summed E-state index contributed by atoms with van der Waals surface area (Å²) in [6, 6.07) is 9.67. The third kappa shape index (κ3) is 4.08. The maximum absolute atomic E-state index is 12.0. The molecule has 0 fully saturated rings. The minimum atomic E-state index is -0.299. The average molecular weight is 320 g/mol. The van der Waals surface area contributed by atoms with Crippen LogP contribution in [0.2, 0.25) is 0 Å². The SMILES string of the molecule is CCOCCOC(=O)c1cc(-c2ccc(OC)cc2)c(C)s1. The molecule has 2 rings (SSSR count). The lowest BCUT2D eigenvalue weighted by Gasteiger charge is -2.03. The smallest absolute Gasteiger partial charge is 0.348 e. The third-order valence-corrected chi connectivity index (χ3v) is 4.22. The number of ether oxygens (including phenoxy) is 3. The quantitative estimate of drug-likeness (QED) is 0.573. The Kier molecular flexibility index (Phi) is 5.98. The largest absolute Gasteiger partial charge is 0.497 e. The number of aryl methyl sites for hydroxylation is 1. The molecule has 0 N–H and O–H groups in total. The molecule has 1 aromatic carbocycles. The van der Waals surface area contributed by atoms with Gasteiger partial charge >= 0.3 is 5.97 Å². The van der Waals surface area contributed by atoms with E-state index in [1.165, 1.54) is 11.3 Å². The molecule has 2 aromatic rings. The van der Waals surface area contributed by atoms with E-state index < -0.39 is 0 Å². The van der Waals surface area contributed by atoms with E-state index in [1.807, 2.05) is 44.2 Å². The van der Waals surface area contributed by atoms with Gasteiger partial charge in [0.1, 0.15) is 17.2 Å². The van der Waals surface area contributed by atoms with Crippen LogP contribution in [0.3, 0.4) is 0 Å². The molecule has 0 amide bonds. The first-order chi connectivity index (χ1) is 10.7. The lowest BCUT2D eigenvalue weighted by molar-refractivity contribution is 0.0340. The lowest BCUT2D eigenvalue weighted by Crippen LogP contribution is -2.09. The number of benzene rings is 1. The van der Waals surface area contributed by atoms with Gasteiger partial charge in [0.2, 0.25) is 0 Å². The summed E-state index contributed by atoms with van der Waals surface area (Å²) in [5.41, 5.74) is 2.10. The van der Waals surface area contributed by atoms with Gasteiger partial charge in [0.15, 0.2) is 0 Å². The molecule has 5 heteroatoms. The van der Waals surface area contributed by atoms with Crippen molar-refractivity contribution < 1.29 is 19.0 Å². The summed E-state index contributed by atoms with van der Waals surface area (Å²) in [5.74, 6) is 0.514. The van der Waals surface area contributed by atoms with Crippen LogP contribution in [0.4, 0.5) is 0 Å². The van der Waals surface area contributed by atoms with Crippen molar-refractivity contribution in [3.05, 3.63) is 40.1 Å². The van der Waals surface area contributed by atoms with Crippen molar-refractivity contribution in [3.8, 4) is 16.9 Å². The minimum absolute atomic E-state index is 0.279. The van der Waals surface area contributed by atoms with Gasteiger partial charge < -0.3 is 14.2 Å². The molecule has 0 bridgehead atoms. The number of esters is 1. The Hall–Kier alpha value is -1.85. The first kappa shape index (κ1) is 16.5. The van der Waals surface area contributed by atoms with Crippen LogP contribution in [-0.4, -0.2) is 32.9 Å². The Morgan fingerprint density at radius 2 is 1.91 bits per heavy atom. The molecule has 0 unspecified atom stereocenters. The first-order valence-electron chi connectivity index (χ1n) is 7.15. The molecule has 0 atom stereocenters. The summed E-state index contributed by atoms with van der Waals surface area (Å²) in [6.07, 6.45) is 0. The van der Waals surface area contributed by atoms with Crippen LogP contribution < -0.4 is 4.74 Å². The number of hydrogen-bond acceptors (Lipinski definition) is 5. The molecule has 0 aliphatic rings. The number of thiophene rings is 1. The van der Waals surface area contributed by atoms with E-state index in [0.717, 1.165) is 21.8 Å². The number of rotatable bonds is 7. The van der Waals surface area contributed by atoms with Gasteiger partial charge in [-0.05, 0) is 43.2 Å². The van der Waals surface area contributed by atoms with E-state index in [1.54, 1.807) is 7.11 Å².